The molecule has 3 aliphatic rings. The van der Waals surface area contributed by atoms with Crippen molar-refractivity contribution in [3.8, 4) is 0 Å². The summed E-state index contributed by atoms with van der Waals surface area (Å²) in [6.45, 7) is 22.6. The molecule has 1 fully saturated rings. The van der Waals surface area contributed by atoms with Gasteiger partial charge in [0.2, 0.25) is 5.70 Å². The minimum Gasteiger partial charge on any atom is -0.307 e. The van der Waals surface area contributed by atoms with Crippen molar-refractivity contribution in [1.29, 1.82) is 0 Å². The van der Waals surface area contributed by atoms with Crippen molar-refractivity contribution in [1.82, 2.24) is 0 Å². The molecule has 4 atom stereocenters. The maximum atomic E-state index is 13.2. The molecule has 0 N–H and O–H groups in total. The second kappa shape index (κ2) is 5.90. The largest absolute Gasteiger partial charge is 0.307 e. The van der Waals surface area contributed by atoms with E-state index >= 15 is 0 Å². The zero-order valence-corrected chi connectivity index (χ0v) is 17.9. The molecule has 0 heterocycles. The minimum atomic E-state index is -0.584. The molecule has 146 valence electrons. The molecule has 3 aliphatic carbocycles. The van der Waals surface area contributed by atoms with Gasteiger partial charge in [-0.2, -0.15) is 0 Å². The van der Waals surface area contributed by atoms with Crippen LogP contribution in [0, 0.1) is 40.1 Å². The van der Waals surface area contributed by atoms with Crippen LogP contribution in [-0.2, 0) is 9.59 Å². The third-order valence-corrected chi connectivity index (χ3v) is 8.58. The van der Waals surface area contributed by atoms with Gasteiger partial charge in [0, 0.05) is 16.7 Å². The Morgan fingerprint density at radius 2 is 1.78 bits per heavy atom. The van der Waals surface area contributed by atoms with Crippen molar-refractivity contribution in [2.24, 2.45) is 33.5 Å². The molecule has 0 aromatic carbocycles. The van der Waals surface area contributed by atoms with Gasteiger partial charge in [-0.1, -0.05) is 66.5 Å². The van der Waals surface area contributed by atoms with E-state index in [0.717, 1.165) is 31.3 Å². The average molecular weight is 368 g/mol. The molecule has 0 aromatic rings. The number of fused-ring (bicyclic) bond motifs is 3. The Labute approximate surface area is 164 Å². The van der Waals surface area contributed by atoms with E-state index in [4.69, 9.17) is 6.57 Å². The maximum absolute atomic E-state index is 13.2. The van der Waals surface area contributed by atoms with E-state index in [0.29, 0.717) is 0 Å². The number of carbonyl (C=O) groups is 2. The van der Waals surface area contributed by atoms with Crippen molar-refractivity contribution in [3.63, 3.8) is 0 Å². The molecule has 27 heavy (non-hydrogen) atoms. The summed E-state index contributed by atoms with van der Waals surface area (Å²) in [5.74, 6) is 0.339. The fraction of sp³-hybridized carbons (Fsp3) is 0.708. The number of hydrogen-bond donors (Lipinski definition) is 0. The molecular weight excluding hydrogens is 334 g/mol. The summed E-state index contributed by atoms with van der Waals surface area (Å²) in [4.78, 5) is 29.6. The molecule has 0 aliphatic heterocycles. The van der Waals surface area contributed by atoms with E-state index < -0.39 is 10.8 Å². The SMILES string of the molecule is [C-]#[N+]C1=C[C@]2(C)C3=CC(=O)[C@H](CCC)C(C)(C)[C@]3(C)CC[C@H]2C(C)(C)C1=O. The van der Waals surface area contributed by atoms with Crippen LogP contribution in [0.2, 0.25) is 0 Å². The molecule has 0 aromatic heterocycles. The Bertz CT molecular complexity index is 807. The van der Waals surface area contributed by atoms with E-state index in [9.17, 15) is 9.59 Å². The topological polar surface area (TPSA) is 38.5 Å². The van der Waals surface area contributed by atoms with Crippen LogP contribution in [0.3, 0.4) is 0 Å². The van der Waals surface area contributed by atoms with Crippen molar-refractivity contribution in [2.75, 3.05) is 0 Å². The first-order valence-electron chi connectivity index (χ1n) is 10.3. The van der Waals surface area contributed by atoms with Crippen LogP contribution in [0.4, 0.5) is 0 Å². The lowest BCUT2D eigenvalue weighted by molar-refractivity contribution is -0.136. The van der Waals surface area contributed by atoms with Gasteiger partial charge in [0.05, 0.1) is 6.57 Å². The summed E-state index contributed by atoms with van der Waals surface area (Å²) >= 11 is 0. The van der Waals surface area contributed by atoms with Crippen molar-refractivity contribution in [3.05, 3.63) is 34.8 Å². The lowest BCUT2D eigenvalue weighted by Gasteiger charge is -2.63. The molecule has 3 heteroatoms. The molecule has 0 unspecified atom stereocenters. The molecule has 0 saturated heterocycles. The highest BCUT2D eigenvalue weighted by Crippen LogP contribution is 2.69. The smallest absolute Gasteiger partial charge is 0.226 e. The molecule has 0 amide bonds. The van der Waals surface area contributed by atoms with Gasteiger partial charge in [0.25, 0.3) is 0 Å². The highest BCUT2D eigenvalue weighted by Gasteiger charge is 2.63. The molecular formula is C24H33NO2. The minimum absolute atomic E-state index is 0.0407. The Morgan fingerprint density at radius 1 is 1.15 bits per heavy atom. The van der Waals surface area contributed by atoms with Gasteiger partial charge in [0.1, 0.15) is 0 Å². The van der Waals surface area contributed by atoms with Crippen molar-refractivity contribution < 1.29 is 9.59 Å². The van der Waals surface area contributed by atoms with Gasteiger partial charge >= 0.3 is 0 Å². The van der Waals surface area contributed by atoms with E-state index in [1.54, 1.807) is 0 Å². The van der Waals surface area contributed by atoms with Gasteiger partial charge in [-0.3, -0.25) is 4.79 Å². The fourth-order valence-electron chi connectivity index (χ4n) is 6.62. The molecule has 3 rings (SSSR count). The number of carbonyl (C=O) groups excluding carboxylic acids is 2. The lowest BCUT2D eigenvalue weighted by atomic mass is 9.39. The number of hydrogen-bond acceptors (Lipinski definition) is 2. The van der Waals surface area contributed by atoms with Gasteiger partial charge in [-0.15, -0.1) is 0 Å². The molecule has 1 saturated carbocycles. The average Bonchev–Trinajstić information content (AvgIpc) is 2.58. The van der Waals surface area contributed by atoms with Crippen LogP contribution >= 0.6 is 0 Å². The van der Waals surface area contributed by atoms with Crippen LogP contribution in [0.5, 0.6) is 0 Å². The first kappa shape index (κ1) is 20.1. The fourth-order valence-corrected chi connectivity index (χ4v) is 6.62. The monoisotopic (exact) mass is 367 g/mol. The van der Waals surface area contributed by atoms with Crippen molar-refractivity contribution in [2.45, 2.75) is 74.1 Å². The van der Waals surface area contributed by atoms with Crippen LogP contribution in [-0.4, -0.2) is 11.6 Å². The van der Waals surface area contributed by atoms with Crippen LogP contribution in [0.25, 0.3) is 4.85 Å². The summed E-state index contributed by atoms with van der Waals surface area (Å²) in [6.07, 6.45) is 7.65. The van der Waals surface area contributed by atoms with Gasteiger partial charge in [-0.25, -0.2) is 4.85 Å². The summed E-state index contributed by atoms with van der Waals surface area (Å²) in [6, 6.07) is 0. The number of nitrogens with zero attached hydrogens (tertiary/aromatic N) is 1. The summed E-state index contributed by atoms with van der Waals surface area (Å²) in [5.41, 5.74) is 0.134. The standard InChI is InChI=1S/C24H33NO2/c1-9-10-15-17(26)13-19-23(6)14-16(25-8)20(27)21(2,3)18(23)11-12-24(19,7)22(15,4)5/h13-15,18H,9-12H2,1-7H3/t15-,18-,23-,24+/m0/s1. The Hall–Kier alpha value is -1.69. The third-order valence-electron chi connectivity index (χ3n) is 8.58. The summed E-state index contributed by atoms with van der Waals surface area (Å²) < 4.78 is 0. The Morgan fingerprint density at radius 3 is 2.33 bits per heavy atom. The maximum Gasteiger partial charge on any atom is 0.226 e. The molecule has 0 bridgehead atoms. The predicted octanol–water partition coefficient (Wildman–Crippen LogP) is 5.77. The normalized spacial score (nSPS) is 39.6. The van der Waals surface area contributed by atoms with Crippen LogP contribution < -0.4 is 0 Å². The van der Waals surface area contributed by atoms with Crippen LogP contribution in [0.15, 0.2) is 23.4 Å². The first-order chi connectivity index (χ1) is 12.4. The van der Waals surface area contributed by atoms with Crippen molar-refractivity contribution >= 4 is 11.6 Å². The predicted molar refractivity (Wildman–Crippen MR) is 108 cm³/mol. The van der Waals surface area contributed by atoms with Crippen LogP contribution in [0.1, 0.15) is 74.1 Å². The third kappa shape index (κ3) is 2.38. The van der Waals surface area contributed by atoms with E-state index in [1.165, 1.54) is 0 Å². The number of rotatable bonds is 2. The second-order valence-electron chi connectivity index (χ2n) is 10.4. The molecule has 3 nitrogen and oxygen atoms in total. The highest BCUT2D eigenvalue weighted by molar-refractivity contribution is 6.03. The summed E-state index contributed by atoms with van der Waals surface area (Å²) in [7, 11) is 0. The summed E-state index contributed by atoms with van der Waals surface area (Å²) in [5, 5.41) is 0. The zero-order chi connectivity index (χ0) is 20.4. The van der Waals surface area contributed by atoms with E-state index in [1.807, 2.05) is 26.0 Å². The van der Waals surface area contributed by atoms with E-state index in [2.05, 4.69) is 39.5 Å². The second-order valence-corrected chi connectivity index (χ2v) is 10.4. The quantitative estimate of drug-likeness (QED) is 0.581. The van der Waals surface area contributed by atoms with Gasteiger partial charge in [0.15, 0.2) is 11.6 Å². The van der Waals surface area contributed by atoms with Gasteiger partial charge in [-0.05, 0) is 42.1 Å². The lowest BCUT2D eigenvalue weighted by Crippen LogP contribution is -2.59. The number of allylic oxidation sites excluding steroid dienone is 4. The highest BCUT2D eigenvalue weighted by atomic mass is 16.1. The van der Waals surface area contributed by atoms with Gasteiger partial charge < -0.3 is 4.79 Å². The Balaban J connectivity index is 2.27. The first-order valence-corrected chi connectivity index (χ1v) is 10.3. The number of Topliss-reactive ketones (excluding diaryl/α,β-unsaturated/α-hetero) is 1. The number of ketones is 2. The Kier molecular flexibility index (Phi) is 4.38. The zero-order valence-electron chi connectivity index (χ0n) is 17.9. The molecule has 0 spiro atoms. The van der Waals surface area contributed by atoms with E-state index in [-0.39, 0.29) is 39.9 Å². The molecule has 0 radical (unpaired) electrons.